The van der Waals surface area contributed by atoms with Gasteiger partial charge in [-0.2, -0.15) is 0 Å². The van der Waals surface area contributed by atoms with Crippen LogP contribution in [0, 0.1) is 0 Å². The summed E-state index contributed by atoms with van der Waals surface area (Å²) in [4.78, 5) is 13.6. The highest BCUT2D eigenvalue weighted by Gasteiger charge is 2.47. The Bertz CT molecular complexity index is 517. The first-order valence-electron chi connectivity index (χ1n) is 7.42. The Hall–Kier alpha value is -2.01. The average Bonchev–Trinajstić information content (AvgIpc) is 2.89. The molecule has 0 aliphatic carbocycles. The maximum Gasteiger partial charge on any atom is 0.410 e. The van der Waals surface area contributed by atoms with Gasteiger partial charge in [0.05, 0.1) is 13.2 Å². The van der Waals surface area contributed by atoms with Crippen molar-refractivity contribution in [3.63, 3.8) is 0 Å². The minimum atomic E-state index is -1.07. The van der Waals surface area contributed by atoms with E-state index in [1.54, 1.807) is 17.9 Å². The van der Waals surface area contributed by atoms with E-state index in [0.717, 1.165) is 0 Å². The molecule has 0 saturated carbocycles. The van der Waals surface area contributed by atoms with Crippen molar-refractivity contribution in [2.24, 2.45) is 0 Å². The van der Waals surface area contributed by atoms with E-state index in [4.69, 9.17) is 14.2 Å². The summed E-state index contributed by atoms with van der Waals surface area (Å²) >= 11 is 0. The van der Waals surface area contributed by atoms with Crippen LogP contribution in [0.2, 0.25) is 0 Å². The van der Waals surface area contributed by atoms with Crippen molar-refractivity contribution in [2.75, 3.05) is 13.2 Å². The molecule has 1 aromatic rings. The highest BCUT2D eigenvalue weighted by molar-refractivity contribution is 5.70. The van der Waals surface area contributed by atoms with Crippen LogP contribution in [0.15, 0.2) is 43.0 Å². The van der Waals surface area contributed by atoms with Crippen LogP contribution in [0.4, 0.5) is 4.79 Å². The number of nitrogens with zero attached hydrogens (tertiary/aromatic N) is 1. The zero-order valence-corrected chi connectivity index (χ0v) is 13.3. The van der Waals surface area contributed by atoms with Crippen molar-refractivity contribution < 1.29 is 19.0 Å². The molecule has 1 aromatic carbocycles. The molecule has 0 spiro atoms. The maximum absolute atomic E-state index is 12.0. The second kappa shape index (κ2) is 6.83. The zero-order valence-electron chi connectivity index (χ0n) is 13.3. The summed E-state index contributed by atoms with van der Waals surface area (Å²) in [6, 6.07) is 9.41. The average molecular weight is 305 g/mol. The van der Waals surface area contributed by atoms with Gasteiger partial charge in [0.15, 0.2) is 6.10 Å². The third kappa shape index (κ3) is 3.60. The third-order valence-corrected chi connectivity index (χ3v) is 3.60. The van der Waals surface area contributed by atoms with Crippen molar-refractivity contribution in [3.05, 3.63) is 43.0 Å². The van der Waals surface area contributed by atoms with E-state index in [0.29, 0.717) is 18.9 Å². The monoisotopic (exact) mass is 305 g/mol. The standard InChI is InChI=1S/C17H23NO4/c1-5-11-20-17(4,22-14-9-7-6-8-10-14)15-12-18(13(2)3)16(19)21-15/h5-10,13,15H,1,11-12H2,2-4H3. The Kier molecular flexibility index (Phi) is 5.08. The number of para-hydroxylation sites is 1. The summed E-state index contributed by atoms with van der Waals surface area (Å²) in [5.74, 6) is -0.414. The first-order chi connectivity index (χ1) is 10.5. The molecule has 22 heavy (non-hydrogen) atoms. The fourth-order valence-corrected chi connectivity index (χ4v) is 2.31. The topological polar surface area (TPSA) is 48.0 Å². The van der Waals surface area contributed by atoms with Gasteiger partial charge >= 0.3 is 6.09 Å². The lowest BCUT2D eigenvalue weighted by molar-refractivity contribution is -0.211. The van der Waals surface area contributed by atoms with Crippen molar-refractivity contribution in [3.8, 4) is 5.75 Å². The lowest BCUT2D eigenvalue weighted by Gasteiger charge is -2.34. The highest BCUT2D eigenvalue weighted by atomic mass is 16.7. The molecular formula is C17H23NO4. The highest BCUT2D eigenvalue weighted by Crippen LogP contribution is 2.29. The van der Waals surface area contributed by atoms with Gasteiger partial charge in [-0.15, -0.1) is 6.58 Å². The predicted molar refractivity (Wildman–Crippen MR) is 83.7 cm³/mol. The van der Waals surface area contributed by atoms with E-state index in [2.05, 4.69) is 6.58 Å². The van der Waals surface area contributed by atoms with Gasteiger partial charge in [-0.3, -0.25) is 0 Å². The van der Waals surface area contributed by atoms with Crippen LogP contribution in [-0.4, -0.2) is 42.1 Å². The molecule has 5 nitrogen and oxygen atoms in total. The Labute approximate surface area is 131 Å². The fraction of sp³-hybridized carbons (Fsp3) is 0.471. The van der Waals surface area contributed by atoms with Crippen molar-refractivity contribution in [1.29, 1.82) is 0 Å². The van der Waals surface area contributed by atoms with Gasteiger partial charge < -0.3 is 19.1 Å². The summed E-state index contributed by atoms with van der Waals surface area (Å²) in [5, 5.41) is 0. The van der Waals surface area contributed by atoms with Gasteiger partial charge in [0.25, 0.3) is 0 Å². The van der Waals surface area contributed by atoms with Gasteiger partial charge in [-0.05, 0) is 26.0 Å². The number of cyclic esters (lactones) is 1. The Balaban J connectivity index is 2.18. The van der Waals surface area contributed by atoms with E-state index in [1.807, 2.05) is 44.2 Å². The van der Waals surface area contributed by atoms with Crippen LogP contribution in [0.25, 0.3) is 0 Å². The number of hydrogen-bond acceptors (Lipinski definition) is 4. The van der Waals surface area contributed by atoms with E-state index < -0.39 is 11.9 Å². The summed E-state index contributed by atoms with van der Waals surface area (Å²) in [6.07, 6.45) is 0.788. The fourth-order valence-electron chi connectivity index (χ4n) is 2.31. The summed E-state index contributed by atoms with van der Waals surface area (Å²) in [6.45, 7) is 10.1. The van der Waals surface area contributed by atoms with Gasteiger partial charge in [0.1, 0.15) is 5.75 Å². The second-order valence-corrected chi connectivity index (χ2v) is 5.65. The molecule has 0 N–H and O–H groups in total. The second-order valence-electron chi connectivity index (χ2n) is 5.65. The third-order valence-electron chi connectivity index (χ3n) is 3.60. The normalized spacial score (nSPS) is 20.6. The quantitative estimate of drug-likeness (QED) is 0.573. The number of rotatable bonds is 7. The molecule has 5 heteroatoms. The van der Waals surface area contributed by atoms with Crippen molar-refractivity contribution >= 4 is 6.09 Å². The minimum Gasteiger partial charge on any atom is -0.459 e. The van der Waals surface area contributed by atoms with Crippen LogP contribution in [0.3, 0.4) is 0 Å². The molecular weight excluding hydrogens is 282 g/mol. The van der Waals surface area contributed by atoms with Crippen molar-refractivity contribution in [1.82, 2.24) is 4.90 Å². The molecule has 1 amide bonds. The molecule has 2 rings (SSSR count). The molecule has 1 aliphatic rings. The Morgan fingerprint density at radius 3 is 2.68 bits per heavy atom. The number of ether oxygens (including phenoxy) is 3. The minimum absolute atomic E-state index is 0.0675. The van der Waals surface area contributed by atoms with E-state index in [1.165, 1.54) is 0 Å². The first kappa shape index (κ1) is 16.4. The molecule has 1 aliphatic heterocycles. The van der Waals surface area contributed by atoms with Crippen LogP contribution in [0.1, 0.15) is 20.8 Å². The Morgan fingerprint density at radius 1 is 1.45 bits per heavy atom. The van der Waals surface area contributed by atoms with Crippen LogP contribution in [0.5, 0.6) is 5.75 Å². The number of carbonyl (C=O) groups excluding carboxylic acids is 1. The molecule has 0 bridgehead atoms. The molecule has 1 heterocycles. The SMILES string of the molecule is C=CCOC(C)(Oc1ccccc1)C1CN(C(C)C)C(=O)O1. The molecule has 2 atom stereocenters. The van der Waals surface area contributed by atoms with Gasteiger partial charge in [0.2, 0.25) is 5.79 Å². The molecule has 120 valence electrons. The van der Waals surface area contributed by atoms with E-state index in [9.17, 15) is 4.79 Å². The van der Waals surface area contributed by atoms with Gasteiger partial charge in [-0.1, -0.05) is 24.3 Å². The van der Waals surface area contributed by atoms with Gasteiger partial charge in [-0.25, -0.2) is 4.79 Å². The zero-order chi connectivity index (χ0) is 16.2. The summed E-state index contributed by atoms with van der Waals surface area (Å²) in [5.41, 5.74) is 0. The van der Waals surface area contributed by atoms with Gasteiger partial charge in [0, 0.05) is 13.0 Å². The largest absolute Gasteiger partial charge is 0.459 e. The predicted octanol–water partition coefficient (Wildman–Crippen LogP) is 3.21. The number of hydrogen-bond donors (Lipinski definition) is 0. The molecule has 2 unspecified atom stereocenters. The number of amides is 1. The molecule has 0 radical (unpaired) electrons. The molecule has 1 saturated heterocycles. The van der Waals surface area contributed by atoms with Crippen LogP contribution < -0.4 is 4.74 Å². The first-order valence-corrected chi connectivity index (χ1v) is 7.42. The smallest absolute Gasteiger partial charge is 0.410 e. The molecule has 0 aromatic heterocycles. The lowest BCUT2D eigenvalue weighted by Crippen LogP contribution is -2.50. The van der Waals surface area contributed by atoms with Crippen molar-refractivity contribution in [2.45, 2.75) is 38.7 Å². The maximum atomic E-state index is 12.0. The molecule has 1 fully saturated rings. The summed E-state index contributed by atoms with van der Waals surface area (Å²) in [7, 11) is 0. The number of carbonyl (C=O) groups is 1. The summed E-state index contributed by atoms with van der Waals surface area (Å²) < 4.78 is 17.3. The Morgan fingerprint density at radius 2 is 2.14 bits per heavy atom. The van der Waals surface area contributed by atoms with Crippen LogP contribution in [-0.2, 0) is 9.47 Å². The number of benzene rings is 1. The van der Waals surface area contributed by atoms with Crippen LogP contribution >= 0.6 is 0 Å². The lowest BCUT2D eigenvalue weighted by atomic mass is 10.1. The van der Waals surface area contributed by atoms with E-state index >= 15 is 0 Å². The van der Waals surface area contributed by atoms with E-state index in [-0.39, 0.29) is 12.1 Å².